The highest BCUT2D eigenvalue weighted by molar-refractivity contribution is 5.67. The van der Waals surface area contributed by atoms with Crippen molar-refractivity contribution in [2.24, 2.45) is 0 Å². The normalized spacial score (nSPS) is 29.1. The van der Waals surface area contributed by atoms with Gasteiger partial charge in [0, 0.05) is 6.42 Å². The lowest BCUT2D eigenvalue weighted by molar-refractivity contribution is -0.311. The molecule has 25 heavy (non-hydrogen) atoms. The second-order valence-corrected chi connectivity index (χ2v) is 5.18. The molecule has 5 N–H and O–H groups in total. The summed E-state index contributed by atoms with van der Waals surface area (Å²) >= 11 is 0. The van der Waals surface area contributed by atoms with Crippen LogP contribution in [0, 0.1) is 35.5 Å². The molecule has 1 heterocycles. The zero-order valence-corrected chi connectivity index (χ0v) is 13.5. The van der Waals surface area contributed by atoms with E-state index in [9.17, 15) is 20.1 Å². The molecule has 0 aliphatic carbocycles. The quantitative estimate of drug-likeness (QED) is 0.349. The van der Waals surface area contributed by atoms with Crippen LogP contribution in [0.3, 0.4) is 0 Å². The van der Waals surface area contributed by atoms with E-state index < -0.39 is 55.8 Å². The molecule has 0 aromatic heterocycles. The smallest absolute Gasteiger partial charge is 0.306 e. The molecule has 0 aromatic rings. The number of aliphatic hydroxyl groups is 4. The fourth-order valence-corrected chi connectivity index (χ4v) is 2.07. The van der Waals surface area contributed by atoms with Crippen LogP contribution < -0.4 is 0 Å². The number of carboxylic acids is 1. The predicted molar refractivity (Wildman–Crippen MR) is 84.5 cm³/mol. The van der Waals surface area contributed by atoms with Crippen molar-refractivity contribution in [1.29, 1.82) is 0 Å². The average molecular weight is 352 g/mol. The molecule has 8 nitrogen and oxygen atoms in total. The monoisotopic (exact) mass is 352 g/mol. The molecule has 0 spiro atoms. The Morgan fingerprint density at radius 2 is 1.80 bits per heavy atom. The molecule has 1 fully saturated rings. The van der Waals surface area contributed by atoms with Crippen molar-refractivity contribution in [3.8, 4) is 35.5 Å². The van der Waals surface area contributed by atoms with E-state index in [1.807, 2.05) is 0 Å². The number of carboxylic acid groups (broad SMARTS) is 1. The third-order valence-electron chi connectivity index (χ3n) is 3.31. The SMILES string of the molecule is CC#CC#CC#CC[C@@H](CC(=O)O)O[C@@H]1O[C@H](CO)[C@@H](O)[C@H](O)[C@H]1O. The Kier molecular flexibility index (Phi) is 8.98. The summed E-state index contributed by atoms with van der Waals surface area (Å²) in [6, 6.07) is 0. The van der Waals surface area contributed by atoms with E-state index in [1.165, 1.54) is 0 Å². The van der Waals surface area contributed by atoms with Crippen molar-refractivity contribution in [1.82, 2.24) is 0 Å². The van der Waals surface area contributed by atoms with Crippen molar-refractivity contribution >= 4 is 5.97 Å². The molecule has 1 saturated heterocycles. The highest BCUT2D eigenvalue weighted by Crippen LogP contribution is 2.24. The molecular weight excluding hydrogens is 332 g/mol. The number of hydrogen-bond acceptors (Lipinski definition) is 7. The number of hydrogen-bond donors (Lipinski definition) is 5. The molecular formula is C17H20O8. The summed E-state index contributed by atoms with van der Waals surface area (Å²) in [4.78, 5) is 10.9. The van der Waals surface area contributed by atoms with Crippen molar-refractivity contribution < 1.29 is 39.8 Å². The first-order chi connectivity index (χ1) is 11.9. The Morgan fingerprint density at radius 3 is 2.40 bits per heavy atom. The van der Waals surface area contributed by atoms with Crippen LogP contribution in [-0.4, -0.2) is 74.9 Å². The molecule has 0 bridgehead atoms. The largest absolute Gasteiger partial charge is 0.481 e. The number of carbonyl (C=O) groups is 1. The van der Waals surface area contributed by atoms with Gasteiger partial charge in [0.25, 0.3) is 0 Å². The molecule has 8 heteroatoms. The molecule has 1 aliphatic rings. The van der Waals surface area contributed by atoms with E-state index in [1.54, 1.807) is 6.92 Å². The average Bonchev–Trinajstić information content (AvgIpc) is 2.57. The molecule has 0 unspecified atom stereocenters. The van der Waals surface area contributed by atoms with Crippen LogP contribution in [0.2, 0.25) is 0 Å². The van der Waals surface area contributed by atoms with Gasteiger partial charge >= 0.3 is 5.97 Å². The Labute approximate surface area is 145 Å². The lowest BCUT2D eigenvalue weighted by atomic mass is 9.99. The zero-order chi connectivity index (χ0) is 18.8. The highest BCUT2D eigenvalue weighted by Gasteiger charge is 2.44. The van der Waals surface area contributed by atoms with Crippen molar-refractivity contribution in [2.45, 2.75) is 56.6 Å². The summed E-state index contributed by atoms with van der Waals surface area (Å²) in [5, 5.41) is 47.4. The Morgan fingerprint density at radius 1 is 1.12 bits per heavy atom. The molecule has 136 valence electrons. The summed E-state index contributed by atoms with van der Waals surface area (Å²) < 4.78 is 10.6. The van der Waals surface area contributed by atoms with Gasteiger partial charge in [0.1, 0.15) is 24.4 Å². The number of ether oxygens (including phenoxy) is 2. The van der Waals surface area contributed by atoms with Crippen LogP contribution in [0.1, 0.15) is 19.8 Å². The van der Waals surface area contributed by atoms with Crippen molar-refractivity contribution in [3.63, 3.8) is 0 Å². The summed E-state index contributed by atoms with van der Waals surface area (Å²) in [5.41, 5.74) is 0. The fraction of sp³-hybridized carbons (Fsp3) is 0.588. The Balaban J connectivity index is 2.77. The molecule has 0 radical (unpaired) electrons. The maximum atomic E-state index is 10.9. The number of aliphatic carboxylic acids is 1. The lowest BCUT2D eigenvalue weighted by Crippen LogP contribution is -2.59. The van der Waals surface area contributed by atoms with Gasteiger partial charge in [-0.3, -0.25) is 4.79 Å². The van der Waals surface area contributed by atoms with E-state index in [0.717, 1.165) is 0 Å². The van der Waals surface area contributed by atoms with Crippen LogP contribution in [0.5, 0.6) is 0 Å². The van der Waals surface area contributed by atoms with E-state index >= 15 is 0 Å². The predicted octanol–water partition coefficient (Wildman–Crippen LogP) is -1.93. The van der Waals surface area contributed by atoms with Crippen LogP contribution in [-0.2, 0) is 14.3 Å². The van der Waals surface area contributed by atoms with Gasteiger partial charge in [0.2, 0.25) is 0 Å². The van der Waals surface area contributed by atoms with E-state index in [4.69, 9.17) is 19.7 Å². The maximum absolute atomic E-state index is 10.9. The molecule has 1 aliphatic heterocycles. The van der Waals surface area contributed by atoms with Crippen LogP contribution in [0.25, 0.3) is 0 Å². The Bertz CT molecular complexity index is 624. The first-order valence-electron chi connectivity index (χ1n) is 7.48. The molecule has 0 saturated carbocycles. The minimum atomic E-state index is -1.61. The third-order valence-corrected chi connectivity index (χ3v) is 3.31. The lowest BCUT2D eigenvalue weighted by Gasteiger charge is -2.40. The number of rotatable bonds is 6. The highest BCUT2D eigenvalue weighted by atomic mass is 16.7. The maximum Gasteiger partial charge on any atom is 0.306 e. The van der Waals surface area contributed by atoms with Gasteiger partial charge in [-0.1, -0.05) is 11.8 Å². The van der Waals surface area contributed by atoms with Crippen LogP contribution in [0.15, 0.2) is 0 Å². The fourth-order valence-electron chi connectivity index (χ4n) is 2.07. The minimum absolute atomic E-state index is 0.0183. The molecule has 0 amide bonds. The summed E-state index contributed by atoms with van der Waals surface area (Å²) in [5.74, 6) is 13.9. The first-order valence-corrected chi connectivity index (χ1v) is 7.48. The van der Waals surface area contributed by atoms with Gasteiger partial charge in [0.15, 0.2) is 6.29 Å². The minimum Gasteiger partial charge on any atom is -0.481 e. The second-order valence-electron chi connectivity index (χ2n) is 5.18. The first kappa shape index (κ1) is 21.0. The second kappa shape index (κ2) is 10.7. The van der Waals surface area contributed by atoms with E-state index in [-0.39, 0.29) is 6.42 Å². The standard InChI is InChI=1S/C17H20O8/c1-2-3-4-5-6-7-8-11(9-13(19)20)24-17-16(23)15(22)14(21)12(10-18)25-17/h11-12,14-18,21-23H,8-10H2,1H3,(H,19,20)/t11-,12+,14+,15-,16+,17+/m0/s1. The summed E-state index contributed by atoms with van der Waals surface area (Å²) in [7, 11) is 0. The van der Waals surface area contributed by atoms with Gasteiger partial charge in [-0.25, -0.2) is 0 Å². The van der Waals surface area contributed by atoms with Gasteiger partial charge in [-0.05, 0) is 30.6 Å². The number of aliphatic hydroxyl groups excluding tert-OH is 4. The van der Waals surface area contributed by atoms with E-state index in [0.29, 0.717) is 0 Å². The zero-order valence-electron chi connectivity index (χ0n) is 13.5. The molecule has 6 atom stereocenters. The van der Waals surface area contributed by atoms with Gasteiger partial charge in [-0.2, -0.15) is 0 Å². The van der Waals surface area contributed by atoms with Crippen molar-refractivity contribution in [2.75, 3.05) is 6.61 Å². The van der Waals surface area contributed by atoms with Gasteiger partial charge < -0.3 is 35.0 Å². The van der Waals surface area contributed by atoms with Crippen LogP contribution >= 0.6 is 0 Å². The molecule has 0 aromatic carbocycles. The Hall–Kier alpha value is -2.09. The summed E-state index contributed by atoms with van der Waals surface area (Å²) in [6.45, 7) is 1.02. The summed E-state index contributed by atoms with van der Waals surface area (Å²) in [6.07, 6.45) is -8.69. The molecule has 1 rings (SSSR count). The van der Waals surface area contributed by atoms with Crippen LogP contribution in [0.4, 0.5) is 0 Å². The van der Waals surface area contributed by atoms with Gasteiger partial charge in [0.05, 0.1) is 19.1 Å². The van der Waals surface area contributed by atoms with E-state index in [2.05, 4.69) is 35.5 Å². The van der Waals surface area contributed by atoms with Gasteiger partial charge in [-0.15, -0.1) is 0 Å². The topological polar surface area (TPSA) is 137 Å². The van der Waals surface area contributed by atoms with Crippen molar-refractivity contribution in [3.05, 3.63) is 0 Å². The third kappa shape index (κ3) is 6.74.